The summed E-state index contributed by atoms with van der Waals surface area (Å²) in [6.07, 6.45) is -0.443. The number of rotatable bonds is 6. The van der Waals surface area contributed by atoms with E-state index >= 15 is 0 Å². The number of alkyl halides is 3. The van der Waals surface area contributed by atoms with Crippen molar-refractivity contribution in [2.45, 2.75) is 31.5 Å². The summed E-state index contributed by atoms with van der Waals surface area (Å²) in [7, 11) is 0. The third-order valence-electron chi connectivity index (χ3n) is 3.92. The summed E-state index contributed by atoms with van der Waals surface area (Å²) in [4.78, 5) is 23.9. The van der Waals surface area contributed by atoms with Crippen LogP contribution in [0, 0.1) is 0 Å². The van der Waals surface area contributed by atoms with Gasteiger partial charge in [-0.3, -0.25) is 14.3 Å². The molecule has 0 spiro atoms. The van der Waals surface area contributed by atoms with Gasteiger partial charge >= 0.3 is 6.18 Å². The molecule has 2 N–H and O–H groups in total. The van der Waals surface area contributed by atoms with Crippen molar-refractivity contribution in [1.29, 1.82) is 0 Å². The number of amides is 2. The van der Waals surface area contributed by atoms with Crippen molar-refractivity contribution in [3.05, 3.63) is 54.4 Å². The van der Waals surface area contributed by atoms with E-state index in [0.29, 0.717) is 11.4 Å². The average molecular weight is 378 g/mol. The smallest absolute Gasteiger partial charge is 0.323 e. The molecule has 2 amide bonds. The molecule has 6 nitrogen and oxygen atoms in total. The maximum Gasteiger partial charge on any atom is 0.408 e. The van der Waals surface area contributed by atoms with Crippen molar-refractivity contribution < 1.29 is 22.8 Å². The lowest BCUT2D eigenvalue weighted by Crippen LogP contribution is -2.18. The molecule has 0 unspecified atom stereocenters. The second-order valence-corrected chi connectivity index (χ2v) is 6.24. The third kappa shape index (κ3) is 4.96. The molecule has 142 valence electrons. The summed E-state index contributed by atoms with van der Waals surface area (Å²) in [5, 5.41) is 9.15. The molecule has 1 aromatic heterocycles. The van der Waals surface area contributed by atoms with Crippen LogP contribution in [0.1, 0.15) is 34.8 Å². The van der Waals surface area contributed by atoms with Gasteiger partial charge in [-0.25, -0.2) is 0 Å². The number of nitrogens with one attached hydrogen (secondary N) is 2. The van der Waals surface area contributed by atoms with Gasteiger partial charge in [-0.05, 0) is 37.1 Å². The first-order valence-electron chi connectivity index (χ1n) is 8.24. The Morgan fingerprint density at radius 2 is 2.04 bits per heavy atom. The van der Waals surface area contributed by atoms with E-state index < -0.39 is 24.5 Å². The number of anilines is 2. The predicted molar refractivity (Wildman–Crippen MR) is 93.5 cm³/mol. The van der Waals surface area contributed by atoms with Crippen molar-refractivity contribution in [3.8, 4) is 0 Å². The van der Waals surface area contributed by atoms with Gasteiger partial charge in [0.05, 0.1) is 11.4 Å². The zero-order valence-electron chi connectivity index (χ0n) is 14.2. The van der Waals surface area contributed by atoms with Crippen molar-refractivity contribution >= 4 is 23.2 Å². The molecule has 1 heterocycles. The molecule has 0 radical (unpaired) electrons. The Morgan fingerprint density at radius 3 is 2.67 bits per heavy atom. The minimum atomic E-state index is -4.40. The lowest BCUT2D eigenvalue weighted by atomic mass is 10.1. The van der Waals surface area contributed by atoms with Crippen LogP contribution < -0.4 is 10.6 Å². The number of halogens is 3. The molecule has 27 heavy (non-hydrogen) atoms. The molecular weight excluding hydrogens is 361 g/mol. The van der Waals surface area contributed by atoms with Crippen LogP contribution in [-0.2, 0) is 11.3 Å². The quantitative estimate of drug-likeness (QED) is 0.753. The van der Waals surface area contributed by atoms with Gasteiger partial charge in [0.15, 0.2) is 0 Å². The second kappa shape index (κ2) is 7.26. The van der Waals surface area contributed by atoms with Gasteiger partial charge in [0, 0.05) is 23.4 Å². The highest BCUT2D eigenvalue weighted by Gasteiger charge is 2.33. The van der Waals surface area contributed by atoms with Gasteiger partial charge in [-0.2, -0.15) is 18.3 Å². The number of hydrogen-bond acceptors (Lipinski definition) is 3. The molecule has 1 saturated carbocycles. The SMILES string of the molecule is C=CC(=O)Nc1cccc(C(=O)Nc2cn(CC(F)(F)F)nc2C2CC2)c1. The minimum Gasteiger partial charge on any atom is -0.323 e. The maximum absolute atomic E-state index is 12.6. The largest absolute Gasteiger partial charge is 0.408 e. The Balaban J connectivity index is 1.78. The molecule has 0 saturated heterocycles. The Labute approximate surface area is 153 Å². The van der Waals surface area contributed by atoms with E-state index in [4.69, 9.17) is 0 Å². The van der Waals surface area contributed by atoms with Crippen LogP contribution >= 0.6 is 0 Å². The van der Waals surface area contributed by atoms with E-state index in [1.165, 1.54) is 18.3 Å². The van der Waals surface area contributed by atoms with Gasteiger partial charge in [0.1, 0.15) is 6.54 Å². The first-order chi connectivity index (χ1) is 12.7. The highest BCUT2D eigenvalue weighted by molar-refractivity contribution is 6.06. The molecule has 0 atom stereocenters. The van der Waals surface area contributed by atoms with Gasteiger partial charge in [-0.15, -0.1) is 0 Å². The van der Waals surface area contributed by atoms with Crippen LogP contribution in [0.5, 0.6) is 0 Å². The molecule has 1 fully saturated rings. The van der Waals surface area contributed by atoms with E-state index in [0.717, 1.165) is 23.6 Å². The van der Waals surface area contributed by atoms with Crippen LogP contribution in [0.4, 0.5) is 24.5 Å². The summed E-state index contributed by atoms with van der Waals surface area (Å²) < 4.78 is 38.6. The fourth-order valence-electron chi connectivity index (χ4n) is 2.58. The van der Waals surface area contributed by atoms with E-state index in [1.54, 1.807) is 12.1 Å². The minimum absolute atomic E-state index is 0.0630. The standard InChI is InChI=1S/C18H17F3N4O2/c1-2-15(26)22-13-5-3-4-12(8-13)17(27)23-14-9-25(10-18(19,20)21)24-16(14)11-6-7-11/h2-5,8-9,11H,1,6-7,10H2,(H,22,26)(H,23,27). The van der Waals surface area contributed by atoms with E-state index in [-0.39, 0.29) is 17.2 Å². The zero-order valence-corrected chi connectivity index (χ0v) is 14.2. The number of benzene rings is 1. The van der Waals surface area contributed by atoms with Crippen molar-refractivity contribution in [2.24, 2.45) is 0 Å². The summed E-state index contributed by atoms with van der Waals surface area (Å²) in [5.41, 5.74) is 1.39. The fourth-order valence-corrected chi connectivity index (χ4v) is 2.58. The van der Waals surface area contributed by atoms with Crippen molar-refractivity contribution in [1.82, 2.24) is 9.78 Å². The Morgan fingerprint density at radius 1 is 1.30 bits per heavy atom. The van der Waals surface area contributed by atoms with E-state index in [9.17, 15) is 22.8 Å². The van der Waals surface area contributed by atoms with Gasteiger partial charge in [0.25, 0.3) is 5.91 Å². The molecule has 1 aliphatic rings. The Hall–Kier alpha value is -3.10. The zero-order chi connectivity index (χ0) is 19.6. The van der Waals surface area contributed by atoms with Crippen LogP contribution in [0.3, 0.4) is 0 Å². The topological polar surface area (TPSA) is 76.0 Å². The summed E-state index contributed by atoms with van der Waals surface area (Å²) in [6, 6.07) is 6.20. The van der Waals surface area contributed by atoms with E-state index in [2.05, 4.69) is 22.3 Å². The van der Waals surface area contributed by atoms with Gasteiger partial charge < -0.3 is 10.6 Å². The average Bonchev–Trinajstić information content (AvgIpc) is 3.36. The normalized spacial score (nSPS) is 13.9. The van der Waals surface area contributed by atoms with Crippen LogP contribution in [0.15, 0.2) is 43.1 Å². The molecule has 0 aliphatic heterocycles. The van der Waals surface area contributed by atoms with E-state index in [1.807, 2.05) is 0 Å². The Kier molecular flexibility index (Phi) is 5.02. The Bertz CT molecular complexity index is 885. The maximum atomic E-state index is 12.6. The highest BCUT2D eigenvalue weighted by Crippen LogP contribution is 2.42. The fraction of sp³-hybridized carbons (Fsp3) is 0.278. The second-order valence-electron chi connectivity index (χ2n) is 6.24. The molecule has 3 rings (SSSR count). The summed E-state index contributed by atoms with van der Waals surface area (Å²) in [5.74, 6) is -0.858. The number of carbonyl (C=O) groups excluding carboxylic acids is 2. The molecule has 0 bridgehead atoms. The highest BCUT2D eigenvalue weighted by atomic mass is 19.4. The number of nitrogens with zero attached hydrogens (tertiary/aromatic N) is 2. The first-order valence-corrected chi connectivity index (χ1v) is 8.24. The lowest BCUT2D eigenvalue weighted by molar-refractivity contribution is -0.142. The third-order valence-corrected chi connectivity index (χ3v) is 3.92. The molecule has 1 aromatic carbocycles. The first kappa shape index (κ1) is 18.7. The molecular formula is C18H17F3N4O2. The van der Waals surface area contributed by atoms with Crippen LogP contribution in [-0.4, -0.2) is 27.8 Å². The predicted octanol–water partition coefficient (Wildman–Crippen LogP) is 3.70. The van der Waals surface area contributed by atoms with Crippen LogP contribution in [0.25, 0.3) is 0 Å². The monoisotopic (exact) mass is 378 g/mol. The van der Waals surface area contributed by atoms with Crippen molar-refractivity contribution in [3.63, 3.8) is 0 Å². The van der Waals surface area contributed by atoms with Crippen molar-refractivity contribution in [2.75, 3.05) is 10.6 Å². The lowest BCUT2D eigenvalue weighted by Gasteiger charge is -2.07. The molecule has 2 aromatic rings. The molecule has 1 aliphatic carbocycles. The van der Waals surface area contributed by atoms with Gasteiger partial charge in [0.2, 0.25) is 5.91 Å². The van der Waals surface area contributed by atoms with Crippen LogP contribution in [0.2, 0.25) is 0 Å². The number of hydrogen-bond donors (Lipinski definition) is 2. The molecule has 9 heteroatoms. The number of aromatic nitrogens is 2. The number of carbonyl (C=O) groups is 2. The van der Waals surface area contributed by atoms with Gasteiger partial charge in [-0.1, -0.05) is 12.6 Å². The summed E-state index contributed by atoms with van der Waals surface area (Å²) >= 11 is 0. The summed E-state index contributed by atoms with van der Waals surface area (Å²) in [6.45, 7) is 2.13.